The number of aromatic carboxylic acids is 1. The Morgan fingerprint density at radius 3 is 2.79 bits per heavy atom. The first kappa shape index (κ1) is 13.6. The maximum absolute atomic E-state index is 11.8. The summed E-state index contributed by atoms with van der Waals surface area (Å²) >= 11 is 0. The number of carboxylic acids is 1. The van der Waals surface area contributed by atoms with E-state index in [1.807, 2.05) is 0 Å². The van der Waals surface area contributed by atoms with Gasteiger partial charge in [0, 0.05) is 12.7 Å². The summed E-state index contributed by atoms with van der Waals surface area (Å²) in [6.07, 6.45) is 6.27. The first-order chi connectivity index (χ1) is 9.06. The zero-order valence-electron chi connectivity index (χ0n) is 11.2. The predicted octanol–water partition coefficient (Wildman–Crippen LogP) is 1.88. The molecule has 19 heavy (non-hydrogen) atoms. The van der Waals surface area contributed by atoms with Gasteiger partial charge in [-0.05, 0) is 36.8 Å². The summed E-state index contributed by atoms with van der Waals surface area (Å²) in [7, 11) is 0. The maximum atomic E-state index is 11.8. The van der Waals surface area contributed by atoms with E-state index in [2.05, 4.69) is 12.2 Å². The highest BCUT2D eigenvalue weighted by Crippen LogP contribution is 2.48. The summed E-state index contributed by atoms with van der Waals surface area (Å²) in [6, 6.07) is 3.13. The molecule has 1 saturated carbocycles. The van der Waals surface area contributed by atoms with Crippen LogP contribution in [0.2, 0.25) is 0 Å². The van der Waals surface area contributed by atoms with Crippen LogP contribution in [0.25, 0.3) is 0 Å². The molecule has 0 atom stereocenters. The molecular weight excluding hydrogens is 244 g/mol. The molecule has 2 N–H and O–H groups in total. The second-order valence-corrected chi connectivity index (χ2v) is 5.35. The molecule has 1 heterocycles. The Bertz CT molecular complexity index is 475. The van der Waals surface area contributed by atoms with E-state index in [4.69, 9.17) is 5.11 Å². The minimum atomic E-state index is -1.01. The van der Waals surface area contributed by atoms with Crippen LogP contribution < -0.4 is 5.32 Å². The van der Waals surface area contributed by atoms with E-state index in [1.54, 1.807) is 12.3 Å². The van der Waals surface area contributed by atoms with E-state index in [9.17, 15) is 9.59 Å². The second kappa shape index (κ2) is 5.47. The van der Waals surface area contributed by atoms with Crippen LogP contribution in [-0.2, 0) is 11.3 Å². The van der Waals surface area contributed by atoms with Crippen LogP contribution in [0.3, 0.4) is 0 Å². The van der Waals surface area contributed by atoms with Crippen molar-refractivity contribution in [3.8, 4) is 0 Å². The number of nitrogens with one attached hydrogen (secondary N) is 1. The largest absolute Gasteiger partial charge is 0.477 e. The topological polar surface area (TPSA) is 71.3 Å². The average Bonchev–Trinajstić information content (AvgIpc) is 2.96. The molecule has 0 aromatic carbocycles. The van der Waals surface area contributed by atoms with Crippen LogP contribution in [-0.4, -0.2) is 28.1 Å². The van der Waals surface area contributed by atoms with Gasteiger partial charge in [-0.1, -0.05) is 13.3 Å². The number of carbonyl (C=O) groups excluding carboxylic acids is 1. The molecule has 2 rings (SSSR count). The maximum Gasteiger partial charge on any atom is 0.352 e. The van der Waals surface area contributed by atoms with Crippen LogP contribution in [0.1, 0.15) is 43.1 Å². The number of aromatic nitrogens is 1. The van der Waals surface area contributed by atoms with Crippen molar-refractivity contribution in [2.75, 3.05) is 6.54 Å². The van der Waals surface area contributed by atoms with Crippen molar-refractivity contribution in [2.45, 2.75) is 39.2 Å². The van der Waals surface area contributed by atoms with Gasteiger partial charge in [-0.25, -0.2) is 4.79 Å². The van der Waals surface area contributed by atoms with Gasteiger partial charge in [0.2, 0.25) is 5.91 Å². The Kier molecular flexibility index (Phi) is 3.93. The number of amides is 1. The minimum absolute atomic E-state index is 0.0663. The predicted molar refractivity (Wildman–Crippen MR) is 71.0 cm³/mol. The quantitative estimate of drug-likeness (QED) is 0.790. The standard InChI is InChI=1S/C14H20N2O3/c1-2-5-14(6-7-14)10-15-12(17)9-16-8-3-4-11(16)13(18)19/h3-4,8H,2,5-7,9-10H2,1H3,(H,15,17)(H,18,19). The first-order valence-electron chi connectivity index (χ1n) is 6.71. The fraction of sp³-hybridized carbons (Fsp3) is 0.571. The van der Waals surface area contributed by atoms with Crippen molar-refractivity contribution in [1.29, 1.82) is 0 Å². The van der Waals surface area contributed by atoms with Crippen LogP contribution in [0.4, 0.5) is 0 Å². The van der Waals surface area contributed by atoms with Crippen molar-refractivity contribution >= 4 is 11.9 Å². The van der Waals surface area contributed by atoms with Crippen molar-refractivity contribution in [2.24, 2.45) is 5.41 Å². The molecule has 1 amide bonds. The molecule has 1 aromatic rings. The van der Waals surface area contributed by atoms with Crippen molar-refractivity contribution < 1.29 is 14.7 Å². The lowest BCUT2D eigenvalue weighted by Gasteiger charge is -2.15. The molecule has 0 unspecified atom stereocenters. The third-order valence-electron chi connectivity index (χ3n) is 3.76. The zero-order valence-corrected chi connectivity index (χ0v) is 11.2. The van der Waals surface area contributed by atoms with E-state index >= 15 is 0 Å². The molecule has 0 spiro atoms. The van der Waals surface area contributed by atoms with E-state index in [1.165, 1.54) is 23.5 Å². The number of hydrogen-bond donors (Lipinski definition) is 2. The monoisotopic (exact) mass is 264 g/mol. The van der Waals surface area contributed by atoms with Gasteiger partial charge < -0.3 is 15.0 Å². The summed E-state index contributed by atoms with van der Waals surface area (Å²) in [5.41, 5.74) is 0.460. The Labute approximate surface area is 112 Å². The SMILES string of the molecule is CCCC1(CNC(=O)Cn2cccc2C(=O)O)CC1. The third-order valence-corrected chi connectivity index (χ3v) is 3.76. The normalized spacial score (nSPS) is 16.1. The molecule has 0 aliphatic heterocycles. The Morgan fingerprint density at radius 1 is 1.47 bits per heavy atom. The Hall–Kier alpha value is -1.78. The molecule has 0 radical (unpaired) electrons. The van der Waals surface area contributed by atoms with Crippen LogP contribution in [0.15, 0.2) is 18.3 Å². The molecular formula is C14H20N2O3. The average molecular weight is 264 g/mol. The molecule has 5 nitrogen and oxygen atoms in total. The van der Waals surface area contributed by atoms with Gasteiger partial charge in [-0.3, -0.25) is 4.79 Å². The summed E-state index contributed by atoms with van der Waals surface area (Å²) in [5, 5.41) is 11.9. The molecule has 1 aromatic heterocycles. The van der Waals surface area contributed by atoms with Crippen molar-refractivity contribution in [1.82, 2.24) is 9.88 Å². The molecule has 5 heteroatoms. The number of carbonyl (C=O) groups is 2. The molecule has 1 aliphatic rings. The summed E-state index contributed by atoms with van der Waals surface area (Å²) < 4.78 is 1.46. The fourth-order valence-electron chi connectivity index (χ4n) is 2.47. The first-order valence-corrected chi connectivity index (χ1v) is 6.71. The van der Waals surface area contributed by atoms with Gasteiger partial charge >= 0.3 is 5.97 Å². The highest BCUT2D eigenvalue weighted by atomic mass is 16.4. The Morgan fingerprint density at radius 2 is 2.21 bits per heavy atom. The number of rotatable bonds is 7. The zero-order chi connectivity index (χ0) is 13.9. The Balaban J connectivity index is 1.84. The highest BCUT2D eigenvalue weighted by Gasteiger charge is 2.41. The van der Waals surface area contributed by atoms with E-state index in [-0.39, 0.29) is 18.1 Å². The van der Waals surface area contributed by atoms with Crippen molar-refractivity contribution in [3.05, 3.63) is 24.0 Å². The molecule has 104 valence electrons. The van der Waals surface area contributed by atoms with Gasteiger partial charge in [-0.15, -0.1) is 0 Å². The third kappa shape index (κ3) is 3.36. The van der Waals surface area contributed by atoms with Crippen LogP contribution in [0.5, 0.6) is 0 Å². The smallest absolute Gasteiger partial charge is 0.352 e. The van der Waals surface area contributed by atoms with Gasteiger partial charge in [0.25, 0.3) is 0 Å². The number of carboxylic acid groups (broad SMARTS) is 1. The lowest BCUT2D eigenvalue weighted by atomic mass is 10.0. The molecule has 1 fully saturated rings. The fourth-order valence-corrected chi connectivity index (χ4v) is 2.47. The van der Waals surface area contributed by atoms with E-state index in [0.717, 1.165) is 12.8 Å². The molecule has 0 bridgehead atoms. The van der Waals surface area contributed by atoms with E-state index in [0.29, 0.717) is 12.0 Å². The second-order valence-electron chi connectivity index (χ2n) is 5.35. The van der Waals surface area contributed by atoms with E-state index < -0.39 is 5.97 Å². The van der Waals surface area contributed by atoms with Crippen molar-refractivity contribution in [3.63, 3.8) is 0 Å². The number of nitrogens with zero attached hydrogens (tertiary/aromatic N) is 1. The number of hydrogen-bond acceptors (Lipinski definition) is 2. The summed E-state index contributed by atoms with van der Waals surface area (Å²) in [4.78, 5) is 22.8. The highest BCUT2D eigenvalue weighted by molar-refractivity contribution is 5.86. The minimum Gasteiger partial charge on any atom is -0.477 e. The van der Waals surface area contributed by atoms with Gasteiger partial charge in [0.15, 0.2) is 0 Å². The molecule has 1 aliphatic carbocycles. The lowest BCUT2D eigenvalue weighted by molar-refractivity contribution is -0.121. The lowest BCUT2D eigenvalue weighted by Crippen LogP contribution is -2.33. The van der Waals surface area contributed by atoms with Crippen LogP contribution in [0, 0.1) is 5.41 Å². The van der Waals surface area contributed by atoms with Crippen LogP contribution >= 0.6 is 0 Å². The molecule has 0 saturated heterocycles. The summed E-state index contributed by atoms with van der Waals surface area (Å²) in [6.45, 7) is 2.93. The summed E-state index contributed by atoms with van der Waals surface area (Å²) in [5.74, 6) is -1.14. The van der Waals surface area contributed by atoms with Gasteiger partial charge in [-0.2, -0.15) is 0 Å². The van der Waals surface area contributed by atoms with Gasteiger partial charge in [0.1, 0.15) is 12.2 Å². The van der Waals surface area contributed by atoms with Gasteiger partial charge in [0.05, 0.1) is 0 Å².